The molecule has 0 fully saturated rings. The molecular weight excluding hydrogens is 280 g/mol. The summed E-state index contributed by atoms with van der Waals surface area (Å²) in [4.78, 5) is 27.9. The van der Waals surface area contributed by atoms with E-state index in [1.807, 2.05) is 12.3 Å². The molecule has 1 atom stereocenters. The second kappa shape index (κ2) is 8.65. The lowest BCUT2D eigenvalue weighted by Gasteiger charge is -2.16. The molecule has 1 N–H and O–H groups in total. The second-order valence-corrected chi connectivity index (χ2v) is 5.25. The van der Waals surface area contributed by atoms with Crippen LogP contribution in [0.1, 0.15) is 24.0 Å². The first kappa shape index (κ1) is 16.6. The summed E-state index contributed by atoms with van der Waals surface area (Å²) in [5.74, 6) is -0.684. The minimum absolute atomic E-state index is 0.160. The standard InChI is InChI=1S/C13H20N2O4S/c1-4-19-13(17)11(5-6-18-3)15-12(16)7-10-8-20-9(2)14-10/h8,11H,4-7H2,1-3H3,(H,15,16)/t11-/m1/s1. The van der Waals surface area contributed by atoms with Crippen LogP contribution in [0.2, 0.25) is 0 Å². The molecule has 20 heavy (non-hydrogen) atoms. The number of hydrogen-bond donors (Lipinski definition) is 1. The molecule has 0 unspecified atom stereocenters. The lowest BCUT2D eigenvalue weighted by molar-refractivity contribution is -0.147. The van der Waals surface area contributed by atoms with E-state index in [0.29, 0.717) is 18.7 Å². The Morgan fingerprint density at radius 2 is 2.25 bits per heavy atom. The molecule has 7 heteroatoms. The summed E-state index contributed by atoms with van der Waals surface area (Å²) in [5, 5.41) is 5.41. The number of rotatable bonds is 8. The molecule has 0 bridgehead atoms. The SMILES string of the molecule is CCOC(=O)[C@@H](CCOC)NC(=O)Cc1csc(C)n1. The van der Waals surface area contributed by atoms with E-state index in [1.54, 1.807) is 14.0 Å². The second-order valence-electron chi connectivity index (χ2n) is 4.19. The van der Waals surface area contributed by atoms with Crippen LogP contribution in [-0.4, -0.2) is 43.2 Å². The van der Waals surface area contributed by atoms with Crippen LogP contribution in [0.5, 0.6) is 0 Å². The van der Waals surface area contributed by atoms with Gasteiger partial charge in [0.2, 0.25) is 5.91 Å². The van der Waals surface area contributed by atoms with Gasteiger partial charge in [0.05, 0.1) is 23.7 Å². The van der Waals surface area contributed by atoms with Crippen LogP contribution in [0.15, 0.2) is 5.38 Å². The highest BCUT2D eigenvalue weighted by Gasteiger charge is 2.22. The maximum atomic E-state index is 11.9. The third-order valence-electron chi connectivity index (χ3n) is 2.53. The molecule has 0 radical (unpaired) electrons. The molecule has 1 heterocycles. The number of thiazole rings is 1. The summed E-state index contributed by atoms with van der Waals surface area (Å²) < 4.78 is 9.87. The highest BCUT2D eigenvalue weighted by atomic mass is 32.1. The molecule has 0 saturated carbocycles. The number of aromatic nitrogens is 1. The van der Waals surface area contributed by atoms with Gasteiger partial charge in [0.15, 0.2) is 0 Å². The van der Waals surface area contributed by atoms with Gasteiger partial charge in [-0.15, -0.1) is 11.3 Å². The topological polar surface area (TPSA) is 77.5 Å². The fourth-order valence-corrected chi connectivity index (χ4v) is 2.24. The van der Waals surface area contributed by atoms with Crippen molar-refractivity contribution < 1.29 is 19.1 Å². The largest absolute Gasteiger partial charge is 0.464 e. The van der Waals surface area contributed by atoms with Crippen molar-refractivity contribution in [3.8, 4) is 0 Å². The number of methoxy groups -OCH3 is 1. The molecule has 0 aromatic carbocycles. The molecule has 0 aliphatic heterocycles. The molecular formula is C13H20N2O4S. The highest BCUT2D eigenvalue weighted by molar-refractivity contribution is 7.09. The fourth-order valence-electron chi connectivity index (χ4n) is 1.63. The predicted molar refractivity (Wildman–Crippen MR) is 75.6 cm³/mol. The van der Waals surface area contributed by atoms with E-state index in [0.717, 1.165) is 5.01 Å². The Balaban J connectivity index is 2.54. The summed E-state index contributed by atoms with van der Waals surface area (Å²) >= 11 is 1.49. The smallest absolute Gasteiger partial charge is 0.328 e. The van der Waals surface area contributed by atoms with Gasteiger partial charge >= 0.3 is 5.97 Å². The number of hydrogen-bond acceptors (Lipinski definition) is 6. The van der Waals surface area contributed by atoms with E-state index < -0.39 is 12.0 Å². The van der Waals surface area contributed by atoms with Crippen LogP contribution in [0, 0.1) is 6.92 Å². The van der Waals surface area contributed by atoms with Gasteiger partial charge in [-0.3, -0.25) is 4.79 Å². The molecule has 0 saturated heterocycles. The summed E-state index contributed by atoms with van der Waals surface area (Å²) in [6, 6.07) is -0.679. The van der Waals surface area contributed by atoms with Gasteiger partial charge in [0.1, 0.15) is 6.04 Å². The average Bonchev–Trinajstić information content (AvgIpc) is 2.80. The lowest BCUT2D eigenvalue weighted by atomic mass is 10.2. The quantitative estimate of drug-likeness (QED) is 0.727. The van der Waals surface area contributed by atoms with Gasteiger partial charge in [0, 0.05) is 25.5 Å². The number of esters is 1. The van der Waals surface area contributed by atoms with Crippen molar-refractivity contribution in [3.63, 3.8) is 0 Å². The van der Waals surface area contributed by atoms with E-state index in [1.165, 1.54) is 11.3 Å². The maximum Gasteiger partial charge on any atom is 0.328 e. The zero-order valence-corrected chi connectivity index (χ0v) is 12.8. The Kier molecular flexibility index (Phi) is 7.17. The van der Waals surface area contributed by atoms with Crippen molar-refractivity contribution in [3.05, 3.63) is 16.1 Å². The van der Waals surface area contributed by atoms with Crippen molar-refractivity contribution in [2.45, 2.75) is 32.7 Å². The molecule has 0 spiro atoms. The Hall–Kier alpha value is -1.47. The summed E-state index contributed by atoms with van der Waals surface area (Å²) in [7, 11) is 1.54. The Morgan fingerprint density at radius 3 is 2.80 bits per heavy atom. The number of carbonyl (C=O) groups excluding carboxylic acids is 2. The molecule has 0 aliphatic rings. The van der Waals surface area contributed by atoms with Crippen molar-refractivity contribution in [2.24, 2.45) is 0 Å². The molecule has 6 nitrogen and oxygen atoms in total. The van der Waals surface area contributed by atoms with E-state index >= 15 is 0 Å². The minimum Gasteiger partial charge on any atom is -0.464 e. The molecule has 1 amide bonds. The Morgan fingerprint density at radius 1 is 1.50 bits per heavy atom. The van der Waals surface area contributed by atoms with E-state index in [2.05, 4.69) is 10.3 Å². The number of amides is 1. The number of nitrogens with one attached hydrogen (secondary N) is 1. The highest BCUT2D eigenvalue weighted by Crippen LogP contribution is 2.08. The zero-order valence-electron chi connectivity index (χ0n) is 12.0. The number of aryl methyl sites for hydroxylation is 1. The van der Waals surface area contributed by atoms with Gasteiger partial charge in [0.25, 0.3) is 0 Å². The zero-order chi connectivity index (χ0) is 15.0. The van der Waals surface area contributed by atoms with E-state index in [-0.39, 0.29) is 18.9 Å². The van der Waals surface area contributed by atoms with Gasteiger partial charge in [-0.05, 0) is 13.8 Å². The first-order valence-corrected chi connectivity index (χ1v) is 7.30. The predicted octanol–water partition coefficient (Wildman–Crippen LogP) is 1.08. The summed E-state index contributed by atoms with van der Waals surface area (Å²) in [5.41, 5.74) is 0.708. The Bertz CT molecular complexity index is 447. The lowest BCUT2D eigenvalue weighted by Crippen LogP contribution is -2.43. The van der Waals surface area contributed by atoms with Crippen molar-refractivity contribution in [1.29, 1.82) is 0 Å². The normalized spacial score (nSPS) is 11.9. The molecule has 1 aromatic heterocycles. The van der Waals surface area contributed by atoms with Gasteiger partial charge in [-0.1, -0.05) is 0 Å². The molecule has 112 valence electrons. The average molecular weight is 300 g/mol. The monoisotopic (exact) mass is 300 g/mol. The van der Waals surface area contributed by atoms with E-state index in [4.69, 9.17) is 9.47 Å². The fraction of sp³-hybridized carbons (Fsp3) is 0.615. The molecule has 1 aromatic rings. The summed E-state index contributed by atoms with van der Waals surface area (Å²) in [6.45, 7) is 4.26. The van der Waals surface area contributed by atoms with Crippen LogP contribution >= 0.6 is 11.3 Å². The van der Waals surface area contributed by atoms with Crippen LogP contribution in [-0.2, 0) is 25.5 Å². The number of nitrogens with zero attached hydrogens (tertiary/aromatic N) is 1. The van der Waals surface area contributed by atoms with E-state index in [9.17, 15) is 9.59 Å². The number of ether oxygens (including phenoxy) is 2. The van der Waals surface area contributed by atoms with Crippen LogP contribution in [0.3, 0.4) is 0 Å². The van der Waals surface area contributed by atoms with Crippen molar-refractivity contribution in [1.82, 2.24) is 10.3 Å². The maximum absolute atomic E-state index is 11.9. The first-order valence-electron chi connectivity index (χ1n) is 6.42. The number of carbonyl (C=O) groups is 2. The minimum atomic E-state index is -0.679. The first-order chi connectivity index (χ1) is 9.56. The third-order valence-corrected chi connectivity index (χ3v) is 3.35. The molecule has 0 aliphatic carbocycles. The van der Waals surface area contributed by atoms with Crippen LogP contribution in [0.4, 0.5) is 0 Å². The van der Waals surface area contributed by atoms with Crippen molar-refractivity contribution in [2.75, 3.05) is 20.3 Å². The van der Waals surface area contributed by atoms with Gasteiger partial charge in [-0.2, -0.15) is 0 Å². The van der Waals surface area contributed by atoms with Gasteiger partial charge < -0.3 is 14.8 Å². The third kappa shape index (κ3) is 5.66. The Labute approximate surface area is 122 Å². The molecule has 1 rings (SSSR count). The van der Waals surface area contributed by atoms with Crippen LogP contribution in [0.25, 0.3) is 0 Å². The van der Waals surface area contributed by atoms with Crippen LogP contribution < -0.4 is 5.32 Å². The van der Waals surface area contributed by atoms with Gasteiger partial charge in [-0.25, -0.2) is 9.78 Å². The van der Waals surface area contributed by atoms with Crippen molar-refractivity contribution >= 4 is 23.2 Å². The summed E-state index contributed by atoms with van der Waals surface area (Å²) in [6.07, 6.45) is 0.546.